The summed E-state index contributed by atoms with van der Waals surface area (Å²) < 4.78 is 0. The summed E-state index contributed by atoms with van der Waals surface area (Å²) in [5.74, 6) is -2.44. The van der Waals surface area contributed by atoms with E-state index in [1.807, 2.05) is 0 Å². The van der Waals surface area contributed by atoms with E-state index in [0.29, 0.717) is 6.42 Å². The highest BCUT2D eigenvalue weighted by atomic mass is 16.4. The predicted molar refractivity (Wildman–Crippen MR) is 33.0 cm³/mol. The lowest BCUT2D eigenvalue weighted by atomic mass is 10.0. The maximum atomic E-state index is 9.98. The van der Waals surface area contributed by atoms with Crippen LogP contribution >= 0.6 is 0 Å². The molecule has 0 aromatic carbocycles. The Morgan fingerprint density at radius 3 is 2.18 bits per heavy atom. The summed E-state index contributed by atoms with van der Waals surface area (Å²) in [4.78, 5) is 19.9. The van der Waals surface area contributed by atoms with Gasteiger partial charge in [0.25, 0.3) is 0 Å². The van der Waals surface area contributed by atoms with E-state index in [-0.39, 0.29) is 18.8 Å². The molecule has 0 saturated carbocycles. The summed E-state index contributed by atoms with van der Waals surface area (Å²) in [6.07, 6.45) is 0.151. The van der Waals surface area contributed by atoms with Crippen LogP contribution in [0.1, 0.15) is 26.2 Å². The molecule has 0 aromatic heterocycles. The maximum absolute atomic E-state index is 9.98. The molecule has 0 rings (SSSR count). The van der Waals surface area contributed by atoms with Crippen molar-refractivity contribution in [1.29, 1.82) is 0 Å². The first kappa shape index (κ1) is 9.94. The van der Waals surface area contributed by atoms with Gasteiger partial charge in [-0.05, 0) is 25.2 Å². The van der Waals surface area contributed by atoms with Crippen LogP contribution < -0.4 is 10.2 Å². The van der Waals surface area contributed by atoms with Gasteiger partial charge in [-0.3, -0.25) is 0 Å². The molecule has 64 valence electrons. The SMILES string of the molecule is C[C@H](CCC(=O)[O-])CC(=O)[O-]. The molecular weight excluding hydrogens is 148 g/mol. The van der Waals surface area contributed by atoms with Crippen molar-refractivity contribution < 1.29 is 19.8 Å². The summed E-state index contributed by atoms with van der Waals surface area (Å²) in [6.45, 7) is 1.67. The van der Waals surface area contributed by atoms with Gasteiger partial charge in [0.05, 0.1) is 0 Å². The molecule has 0 saturated heterocycles. The van der Waals surface area contributed by atoms with Crippen LogP contribution in [-0.4, -0.2) is 11.9 Å². The van der Waals surface area contributed by atoms with Crippen LogP contribution in [0, 0.1) is 5.92 Å². The van der Waals surface area contributed by atoms with Crippen molar-refractivity contribution in [1.82, 2.24) is 0 Å². The zero-order chi connectivity index (χ0) is 8.85. The van der Waals surface area contributed by atoms with Gasteiger partial charge in [0.1, 0.15) is 0 Å². The highest BCUT2D eigenvalue weighted by molar-refractivity contribution is 5.65. The third-order valence-corrected chi connectivity index (χ3v) is 1.36. The minimum absolute atomic E-state index is 0.0888. The first-order valence-electron chi connectivity index (χ1n) is 3.42. The first-order chi connectivity index (χ1) is 5.02. The molecule has 0 aliphatic rings. The summed E-state index contributed by atoms with van der Waals surface area (Å²) in [5.41, 5.74) is 0. The Labute approximate surface area is 64.8 Å². The molecule has 0 amide bonds. The van der Waals surface area contributed by atoms with Crippen LogP contribution in [0.25, 0.3) is 0 Å². The number of carboxylic acid groups (broad SMARTS) is 2. The average Bonchev–Trinajstić information content (AvgIpc) is 1.82. The molecular formula is C7H10O4-2. The molecule has 0 spiro atoms. The molecule has 1 atom stereocenters. The van der Waals surface area contributed by atoms with Crippen LogP contribution in [0.5, 0.6) is 0 Å². The quantitative estimate of drug-likeness (QED) is 0.477. The van der Waals surface area contributed by atoms with Gasteiger partial charge in [0.2, 0.25) is 0 Å². The monoisotopic (exact) mass is 158 g/mol. The third kappa shape index (κ3) is 6.83. The second-order valence-electron chi connectivity index (χ2n) is 2.59. The van der Waals surface area contributed by atoms with Crippen molar-refractivity contribution in [2.75, 3.05) is 0 Å². The standard InChI is InChI=1S/C7H12O4/c1-5(4-7(10)11)2-3-6(8)9/h5H,2-4H2,1H3,(H,8,9)(H,10,11)/p-2/t5-/m1/s1. The zero-order valence-corrected chi connectivity index (χ0v) is 6.33. The summed E-state index contributed by atoms with van der Waals surface area (Å²) in [5, 5.41) is 19.9. The van der Waals surface area contributed by atoms with E-state index in [0.717, 1.165) is 0 Å². The lowest BCUT2D eigenvalue weighted by molar-refractivity contribution is -0.309. The Morgan fingerprint density at radius 2 is 1.82 bits per heavy atom. The minimum Gasteiger partial charge on any atom is -0.550 e. The van der Waals surface area contributed by atoms with Crippen molar-refractivity contribution in [2.45, 2.75) is 26.2 Å². The fourth-order valence-electron chi connectivity index (χ4n) is 0.751. The van der Waals surface area contributed by atoms with Crippen molar-refractivity contribution in [3.05, 3.63) is 0 Å². The van der Waals surface area contributed by atoms with Gasteiger partial charge in [0.15, 0.2) is 0 Å². The van der Waals surface area contributed by atoms with E-state index in [1.54, 1.807) is 6.92 Å². The fraction of sp³-hybridized carbons (Fsp3) is 0.714. The maximum Gasteiger partial charge on any atom is 0.0416 e. The van der Waals surface area contributed by atoms with E-state index in [2.05, 4.69) is 0 Å². The van der Waals surface area contributed by atoms with E-state index in [9.17, 15) is 19.8 Å². The molecule has 0 aliphatic carbocycles. The Bertz CT molecular complexity index is 153. The zero-order valence-electron chi connectivity index (χ0n) is 6.33. The predicted octanol–water partition coefficient (Wildman–Crippen LogP) is -1.71. The average molecular weight is 158 g/mol. The molecule has 4 heteroatoms. The van der Waals surface area contributed by atoms with Gasteiger partial charge < -0.3 is 19.8 Å². The van der Waals surface area contributed by atoms with E-state index < -0.39 is 11.9 Å². The second-order valence-corrected chi connectivity index (χ2v) is 2.59. The molecule has 0 heterocycles. The molecule has 0 radical (unpaired) electrons. The Morgan fingerprint density at radius 1 is 1.27 bits per heavy atom. The first-order valence-corrected chi connectivity index (χ1v) is 3.42. The summed E-state index contributed by atoms with van der Waals surface area (Å²) in [6, 6.07) is 0. The highest BCUT2D eigenvalue weighted by Gasteiger charge is 2.01. The largest absolute Gasteiger partial charge is 0.550 e. The smallest absolute Gasteiger partial charge is 0.0416 e. The van der Waals surface area contributed by atoms with Crippen LogP contribution in [-0.2, 0) is 9.59 Å². The number of carbonyl (C=O) groups is 2. The van der Waals surface area contributed by atoms with Gasteiger partial charge in [-0.1, -0.05) is 6.92 Å². The molecule has 0 unspecified atom stereocenters. The number of hydrogen-bond acceptors (Lipinski definition) is 4. The van der Waals surface area contributed by atoms with E-state index >= 15 is 0 Å². The van der Waals surface area contributed by atoms with Crippen molar-refractivity contribution >= 4 is 11.9 Å². The van der Waals surface area contributed by atoms with Crippen LogP contribution in [0.15, 0.2) is 0 Å². The van der Waals surface area contributed by atoms with Gasteiger partial charge >= 0.3 is 0 Å². The molecule has 4 nitrogen and oxygen atoms in total. The fourth-order valence-corrected chi connectivity index (χ4v) is 0.751. The molecule has 0 fully saturated rings. The van der Waals surface area contributed by atoms with E-state index in [4.69, 9.17) is 0 Å². The normalized spacial score (nSPS) is 12.5. The Balaban J connectivity index is 3.44. The number of carboxylic acids is 2. The number of carbonyl (C=O) groups excluding carboxylic acids is 2. The van der Waals surface area contributed by atoms with Gasteiger partial charge in [-0.15, -0.1) is 0 Å². The van der Waals surface area contributed by atoms with E-state index in [1.165, 1.54) is 0 Å². The number of hydrogen-bond donors (Lipinski definition) is 0. The number of rotatable bonds is 5. The Kier molecular flexibility index (Phi) is 4.26. The van der Waals surface area contributed by atoms with Gasteiger partial charge in [0, 0.05) is 11.9 Å². The second kappa shape index (κ2) is 4.71. The Hall–Kier alpha value is -1.06. The molecule has 0 bridgehead atoms. The summed E-state index contributed by atoms with van der Waals surface area (Å²) in [7, 11) is 0. The summed E-state index contributed by atoms with van der Waals surface area (Å²) >= 11 is 0. The number of aliphatic carboxylic acids is 2. The molecule has 0 aromatic rings. The lowest BCUT2D eigenvalue weighted by Crippen LogP contribution is -2.26. The third-order valence-electron chi connectivity index (χ3n) is 1.36. The topological polar surface area (TPSA) is 80.3 Å². The lowest BCUT2D eigenvalue weighted by Gasteiger charge is -2.11. The van der Waals surface area contributed by atoms with Gasteiger partial charge in [-0.2, -0.15) is 0 Å². The molecule has 0 N–H and O–H groups in total. The van der Waals surface area contributed by atoms with Crippen LogP contribution in [0.4, 0.5) is 0 Å². The van der Waals surface area contributed by atoms with Crippen LogP contribution in [0.2, 0.25) is 0 Å². The minimum atomic E-state index is -1.14. The van der Waals surface area contributed by atoms with Crippen molar-refractivity contribution in [3.8, 4) is 0 Å². The van der Waals surface area contributed by atoms with Crippen molar-refractivity contribution in [3.63, 3.8) is 0 Å². The van der Waals surface area contributed by atoms with Crippen molar-refractivity contribution in [2.24, 2.45) is 5.92 Å². The molecule has 11 heavy (non-hydrogen) atoms. The highest BCUT2D eigenvalue weighted by Crippen LogP contribution is 2.08. The van der Waals surface area contributed by atoms with Crippen LogP contribution in [0.3, 0.4) is 0 Å². The molecule has 0 aliphatic heterocycles. The van der Waals surface area contributed by atoms with Gasteiger partial charge in [-0.25, -0.2) is 0 Å².